The van der Waals surface area contributed by atoms with Crippen LogP contribution in [-0.4, -0.2) is 22.3 Å². The van der Waals surface area contributed by atoms with Gasteiger partial charge in [-0.1, -0.05) is 31.9 Å². The van der Waals surface area contributed by atoms with Crippen LogP contribution in [0.4, 0.5) is 0 Å². The van der Waals surface area contributed by atoms with Crippen molar-refractivity contribution >= 4 is 59.9 Å². The molecule has 0 radical (unpaired) electrons. The molecular formula is C14H9Br3N2O3. The first-order valence-electron chi connectivity index (χ1n) is 5.88. The van der Waals surface area contributed by atoms with Crippen LogP contribution in [0.2, 0.25) is 0 Å². The molecule has 1 amide bonds. The van der Waals surface area contributed by atoms with Gasteiger partial charge >= 0.3 is 0 Å². The lowest BCUT2D eigenvalue weighted by molar-refractivity contribution is 0.0952. The molecule has 2 aromatic carbocycles. The maximum absolute atomic E-state index is 12.0. The number of nitrogens with zero attached hydrogens (tertiary/aromatic N) is 1. The summed E-state index contributed by atoms with van der Waals surface area (Å²) in [5.41, 5.74) is 2.81. The van der Waals surface area contributed by atoms with E-state index in [-0.39, 0.29) is 17.1 Å². The summed E-state index contributed by atoms with van der Waals surface area (Å²) in [6.07, 6.45) is 1.31. The molecule has 22 heavy (non-hydrogen) atoms. The molecule has 3 N–H and O–H groups in total. The fourth-order valence-electron chi connectivity index (χ4n) is 1.59. The summed E-state index contributed by atoms with van der Waals surface area (Å²) in [6, 6.07) is 7.99. The molecule has 0 heterocycles. The van der Waals surface area contributed by atoms with Gasteiger partial charge in [-0.3, -0.25) is 4.79 Å². The number of nitrogens with one attached hydrogen (secondary N) is 1. The first-order valence-corrected chi connectivity index (χ1v) is 8.26. The highest BCUT2D eigenvalue weighted by Gasteiger charge is 2.14. The number of phenols is 2. The van der Waals surface area contributed by atoms with Crippen LogP contribution in [0.25, 0.3) is 0 Å². The third-order valence-electron chi connectivity index (χ3n) is 2.64. The lowest BCUT2D eigenvalue weighted by Crippen LogP contribution is -2.17. The molecule has 0 aliphatic carbocycles. The quantitative estimate of drug-likeness (QED) is 0.445. The first kappa shape index (κ1) is 17.0. The van der Waals surface area contributed by atoms with E-state index in [1.54, 1.807) is 18.2 Å². The number of halogens is 3. The lowest BCUT2D eigenvalue weighted by Gasteiger charge is -2.06. The Morgan fingerprint density at radius 1 is 1.09 bits per heavy atom. The van der Waals surface area contributed by atoms with Crippen molar-refractivity contribution in [3.8, 4) is 11.5 Å². The molecule has 0 fully saturated rings. The Balaban J connectivity index is 2.15. The van der Waals surface area contributed by atoms with Crippen molar-refractivity contribution in [3.63, 3.8) is 0 Å². The zero-order valence-electron chi connectivity index (χ0n) is 10.8. The zero-order valence-corrected chi connectivity index (χ0v) is 15.6. The molecule has 0 bridgehead atoms. The van der Waals surface area contributed by atoms with E-state index in [0.717, 1.165) is 4.47 Å². The number of carbonyl (C=O) groups excluding carboxylic acids is 1. The minimum absolute atomic E-state index is 0.0282. The maximum atomic E-state index is 12.0. The van der Waals surface area contributed by atoms with Gasteiger partial charge in [0.2, 0.25) is 0 Å². The van der Waals surface area contributed by atoms with Gasteiger partial charge in [0.05, 0.1) is 16.3 Å². The van der Waals surface area contributed by atoms with Gasteiger partial charge in [0.15, 0.2) is 0 Å². The van der Waals surface area contributed by atoms with Crippen LogP contribution < -0.4 is 5.43 Å². The van der Waals surface area contributed by atoms with Crippen LogP contribution in [0.1, 0.15) is 15.9 Å². The molecule has 114 valence electrons. The van der Waals surface area contributed by atoms with Gasteiger partial charge in [-0.25, -0.2) is 5.43 Å². The molecular weight excluding hydrogens is 484 g/mol. The number of benzene rings is 2. The van der Waals surface area contributed by atoms with Crippen LogP contribution in [0.15, 0.2) is 48.9 Å². The SMILES string of the molecule is O=C(N/N=C/c1ccc(Br)cc1O)c1cc(Br)cc(Br)c1O. The molecule has 0 saturated carbocycles. The summed E-state index contributed by atoms with van der Waals surface area (Å²) in [7, 11) is 0. The van der Waals surface area contributed by atoms with Gasteiger partial charge in [0, 0.05) is 14.5 Å². The third kappa shape index (κ3) is 4.08. The predicted molar refractivity (Wildman–Crippen MR) is 94.4 cm³/mol. The highest BCUT2D eigenvalue weighted by Crippen LogP contribution is 2.31. The third-order valence-corrected chi connectivity index (χ3v) is 4.19. The van der Waals surface area contributed by atoms with Crippen molar-refractivity contribution < 1.29 is 15.0 Å². The highest BCUT2D eigenvalue weighted by atomic mass is 79.9. The Morgan fingerprint density at radius 2 is 1.82 bits per heavy atom. The summed E-state index contributed by atoms with van der Waals surface area (Å²) in [5.74, 6) is -0.727. The molecule has 0 saturated heterocycles. The molecule has 0 spiro atoms. The van der Waals surface area contributed by atoms with Gasteiger partial charge in [-0.15, -0.1) is 0 Å². The van der Waals surface area contributed by atoms with Gasteiger partial charge in [-0.05, 0) is 46.3 Å². The molecule has 5 nitrogen and oxygen atoms in total. The average molecular weight is 493 g/mol. The van der Waals surface area contributed by atoms with Crippen molar-refractivity contribution in [1.29, 1.82) is 0 Å². The van der Waals surface area contributed by atoms with E-state index in [0.29, 0.717) is 14.5 Å². The molecule has 0 aliphatic heterocycles. The molecule has 0 unspecified atom stereocenters. The van der Waals surface area contributed by atoms with Crippen molar-refractivity contribution in [2.75, 3.05) is 0 Å². The molecule has 2 rings (SSSR count). The standard InChI is InChI=1S/C14H9Br3N2O3/c15-8-2-1-7(12(20)5-8)6-18-19-14(22)10-3-9(16)4-11(17)13(10)21/h1-6,20-21H,(H,19,22)/b18-6+. The minimum Gasteiger partial charge on any atom is -0.507 e. The van der Waals surface area contributed by atoms with E-state index < -0.39 is 5.91 Å². The number of hydrazone groups is 1. The van der Waals surface area contributed by atoms with Gasteiger partial charge in [0.25, 0.3) is 5.91 Å². The molecule has 2 aromatic rings. The largest absolute Gasteiger partial charge is 0.507 e. The Kier molecular flexibility index (Phi) is 5.60. The first-order chi connectivity index (χ1) is 10.4. The minimum atomic E-state index is -0.577. The summed E-state index contributed by atoms with van der Waals surface area (Å²) < 4.78 is 1.76. The van der Waals surface area contributed by atoms with Crippen LogP contribution in [0.3, 0.4) is 0 Å². The lowest BCUT2D eigenvalue weighted by atomic mass is 10.2. The second-order valence-corrected chi connectivity index (χ2v) is 6.87. The number of carbonyl (C=O) groups is 1. The number of amides is 1. The van der Waals surface area contributed by atoms with Crippen molar-refractivity contribution in [3.05, 3.63) is 54.9 Å². The highest BCUT2D eigenvalue weighted by molar-refractivity contribution is 9.11. The fraction of sp³-hybridized carbons (Fsp3) is 0. The van der Waals surface area contributed by atoms with E-state index in [1.165, 1.54) is 18.3 Å². The maximum Gasteiger partial charge on any atom is 0.275 e. The van der Waals surface area contributed by atoms with E-state index in [1.807, 2.05) is 0 Å². The van der Waals surface area contributed by atoms with Gasteiger partial charge in [0.1, 0.15) is 11.5 Å². The van der Waals surface area contributed by atoms with Crippen molar-refractivity contribution in [2.45, 2.75) is 0 Å². The topological polar surface area (TPSA) is 81.9 Å². The fourth-order valence-corrected chi connectivity index (χ4v) is 3.16. The van der Waals surface area contributed by atoms with E-state index in [9.17, 15) is 15.0 Å². The number of aromatic hydroxyl groups is 2. The number of hydrogen-bond acceptors (Lipinski definition) is 4. The molecule has 0 atom stereocenters. The Hall–Kier alpha value is -1.38. The monoisotopic (exact) mass is 490 g/mol. The van der Waals surface area contributed by atoms with Gasteiger partial charge < -0.3 is 10.2 Å². The normalized spacial score (nSPS) is 10.9. The van der Waals surface area contributed by atoms with Gasteiger partial charge in [-0.2, -0.15) is 5.10 Å². The molecule has 8 heteroatoms. The number of rotatable bonds is 3. The number of phenolic OH excluding ortho intramolecular Hbond substituents is 2. The van der Waals surface area contributed by atoms with Crippen LogP contribution in [0.5, 0.6) is 11.5 Å². The summed E-state index contributed by atoms with van der Waals surface area (Å²) in [6.45, 7) is 0. The van der Waals surface area contributed by atoms with Crippen molar-refractivity contribution in [2.24, 2.45) is 5.10 Å². The van der Waals surface area contributed by atoms with E-state index in [4.69, 9.17) is 0 Å². The second-order valence-electron chi connectivity index (χ2n) is 4.19. The number of hydrogen-bond donors (Lipinski definition) is 3. The van der Waals surface area contributed by atoms with Crippen molar-refractivity contribution in [1.82, 2.24) is 5.43 Å². The second kappa shape index (κ2) is 7.26. The summed E-state index contributed by atoms with van der Waals surface area (Å²) in [5, 5.41) is 23.3. The predicted octanol–water partition coefficient (Wildman–Crippen LogP) is 4.15. The Labute approximate surface area is 151 Å². The molecule has 0 aromatic heterocycles. The molecule has 0 aliphatic rings. The van der Waals surface area contributed by atoms with Crippen LogP contribution in [-0.2, 0) is 0 Å². The summed E-state index contributed by atoms with van der Waals surface area (Å²) in [4.78, 5) is 12.0. The average Bonchev–Trinajstić information content (AvgIpc) is 2.45. The zero-order chi connectivity index (χ0) is 16.3. The smallest absolute Gasteiger partial charge is 0.275 e. The Bertz CT molecular complexity index is 763. The van der Waals surface area contributed by atoms with Crippen LogP contribution >= 0.6 is 47.8 Å². The van der Waals surface area contributed by atoms with E-state index >= 15 is 0 Å². The Morgan fingerprint density at radius 3 is 2.50 bits per heavy atom. The van der Waals surface area contributed by atoms with Crippen LogP contribution in [0, 0.1) is 0 Å². The van der Waals surface area contributed by atoms with E-state index in [2.05, 4.69) is 58.3 Å². The summed E-state index contributed by atoms with van der Waals surface area (Å²) >= 11 is 9.62.